The van der Waals surface area contributed by atoms with E-state index < -0.39 is 0 Å². The highest BCUT2D eigenvalue weighted by atomic mass is 14.9. The molecule has 0 radical (unpaired) electrons. The summed E-state index contributed by atoms with van der Waals surface area (Å²) in [4.78, 5) is 23.8. The maximum atomic E-state index is 4.14. The van der Waals surface area contributed by atoms with Gasteiger partial charge < -0.3 is 0 Å². The van der Waals surface area contributed by atoms with Gasteiger partial charge >= 0.3 is 0 Å². The summed E-state index contributed by atoms with van der Waals surface area (Å²) in [5.74, 6) is 0. The van der Waals surface area contributed by atoms with Crippen molar-refractivity contribution in [2.45, 2.75) is 0 Å². The van der Waals surface area contributed by atoms with E-state index in [0.29, 0.717) is 5.65 Å². The van der Waals surface area contributed by atoms with Crippen LogP contribution in [0.25, 0.3) is 22.1 Å². The number of rotatable bonds is 0. The predicted molar refractivity (Wildman–Crippen MR) is 74.7 cm³/mol. The molecule has 4 heterocycles. The third kappa shape index (κ3) is 2.69. The van der Waals surface area contributed by atoms with Gasteiger partial charge in [-0.1, -0.05) is 0 Å². The van der Waals surface area contributed by atoms with Gasteiger partial charge in [0, 0.05) is 36.4 Å². The van der Waals surface area contributed by atoms with Gasteiger partial charge in [0.1, 0.15) is 11.8 Å². The first-order valence-corrected chi connectivity index (χ1v) is 5.95. The van der Waals surface area contributed by atoms with Crippen molar-refractivity contribution in [2.75, 3.05) is 0 Å². The lowest BCUT2D eigenvalue weighted by atomic mass is 10.3. The van der Waals surface area contributed by atoms with Crippen LogP contribution in [-0.4, -0.2) is 29.9 Å². The Labute approximate surface area is 114 Å². The molecule has 0 saturated heterocycles. The van der Waals surface area contributed by atoms with Gasteiger partial charge in [0.2, 0.25) is 0 Å². The van der Waals surface area contributed by atoms with Gasteiger partial charge in [-0.05, 0) is 18.2 Å². The van der Waals surface area contributed by atoms with Gasteiger partial charge in [-0.25, -0.2) is 19.9 Å². The fourth-order valence-corrected chi connectivity index (χ4v) is 1.64. The molecule has 0 bridgehead atoms. The molecule has 0 fully saturated rings. The van der Waals surface area contributed by atoms with Gasteiger partial charge in [-0.15, -0.1) is 0 Å². The van der Waals surface area contributed by atoms with Crippen LogP contribution in [0.3, 0.4) is 0 Å². The molecule has 0 aliphatic carbocycles. The Hall–Kier alpha value is -3.02. The molecule has 96 valence electrons. The van der Waals surface area contributed by atoms with Crippen LogP contribution in [0.5, 0.6) is 0 Å². The third-order valence-electron chi connectivity index (χ3n) is 2.55. The quantitative estimate of drug-likeness (QED) is 0.482. The monoisotopic (exact) mass is 262 g/mol. The van der Waals surface area contributed by atoms with Crippen molar-refractivity contribution in [3.63, 3.8) is 0 Å². The van der Waals surface area contributed by atoms with E-state index in [1.807, 2.05) is 24.4 Å². The molecule has 0 amide bonds. The zero-order valence-corrected chi connectivity index (χ0v) is 10.5. The summed E-state index contributed by atoms with van der Waals surface area (Å²) in [7, 11) is 0. The Morgan fingerprint density at radius 2 is 1.55 bits per heavy atom. The van der Waals surface area contributed by atoms with Crippen LogP contribution < -0.4 is 0 Å². The standard InChI is InChI=1S/C8H6N2.C6H4N4/c1-2-7-6-9-5-3-8(7)10-4-1;1-2-9-6-5(8-1)3-7-4-10-6/h1-6H;1-4H. The summed E-state index contributed by atoms with van der Waals surface area (Å²) < 4.78 is 0. The van der Waals surface area contributed by atoms with Gasteiger partial charge in [-0.2, -0.15) is 0 Å². The first-order chi connectivity index (χ1) is 9.93. The molecule has 6 heteroatoms. The summed E-state index contributed by atoms with van der Waals surface area (Å²) in [5.41, 5.74) is 2.36. The van der Waals surface area contributed by atoms with Gasteiger partial charge in [0.25, 0.3) is 0 Å². The lowest BCUT2D eigenvalue weighted by Gasteiger charge is -1.90. The Bertz CT molecular complexity index is 631. The molecule has 4 aromatic heterocycles. The summed E-state index contributed by atoms with van der Waals surface area (Å²) in [5, 5.41) is 1.09. The second-order valence-electron chi connectivity index (χ2n) is 3.86. The molecule has 0 spiro atoms. The molecule has 0 unspecified atom stereocenters. The first kappa shape index (κ1) is 12.0. The van der Waals surface area contributed by atoms with Crippen LogP contribution in [0, 0.1) is 0 Å². The van der Waals surface area contributed by atoms with E-state index in [4.69, 9.17) is 0 Å². The Balaban J connectivity index is 0.000000121. The maximum Gasteiger partial charge on any atom is 0.181 e. The number of hydrogen-bond acceptors (Lipinski definition) is 6. The second-order valence-corrected chi connectivity index (χ2v) is 3.86. The van der Waals surface area contributed by atoms with Crippen molar-refractivity contribution < 1.29 is 0 Å². The maximum absolute atomic E-state index is 4.14. The van der Waals surface area contributed by atoms with Crippen LogP contribution in [-0.2, 0) is 0 Å². The van der Waals surface area contributed by atoms with E-state index in [1.54, 1.807) is 31.0 Å². The zero-order valence-electron chi connectivity index (χ0n) is 10.5. The lowest BCUT2D eigenvalue weighted by molar-refractivity contribution is 1.15. The normalized spacial score (nSPS) is 10.0. The molecule has 0 saturated carbocycles. The summed E-state index contributed by atoms with van der Waals surface area (Å²) in [6.07, 6.45) is 11.6. The molecule has 4 aromatic rings. The molecule has 4 rings (SSSR count). The number of pyridine rings is 2. The number of hydrogen-bond donors (Lipinski definition) is 0. The molecular weight excluding hydrogens is 252 g/mol. The van der Waals surface area contributed by atoms with Crippen molar-refractivity contribution in [1.82, 2.24) is 29.9 Å². The molecule has 0 atom stereocenters. The van der Waals surface area contributed by atoms with E-state index in [2.05, 4.69) is 29.9 Å². The smallest absolute Gasteiger partial charge is 0.181 e. The fourth-order valence-electron chi connectivity index (χ4n) is 1.64. The highest BCUT2D eigenvalue weighted by Crippen LogP contribution is 2.05. The van der Waals surface area contributed by atoms with Crippen molar-refractivity contribution in [3.05, 3.63) is 61.7 Å². The lowest BCUT2D eigenvalue weighted by Crippen LogP contribution is -1.85. The van der Waals surface area contributed by atoms with Crippen LogP contribution in [0.1, 0.15) is 0 Å². The second kappa shape index (κ2) is 5.75. The fraction of sp³-hybridized carbons (Fsp3) is 0. The van der Waals surface area contributed by atoms with E-state index in [9.17, 15) is 0 Å². The molecule has 0 aromatic carbocycles. The summed E-state index contributed by atoms with van der Waals surface area (Å²) in [6.45, 7) is 0. The molecule has 0 aliphatic rings. The summed E-state index contributed by atoms with van der Waals surface area (Å²) >= 11 is 0. The first-order valence-electron chi connectivity index (χ1n) is 5.95. The Morgan fingerprint density at radius 1 is 0.650 bits per heavy atom. The molecule has 20 heavy (non-hydrogen) atoms. The van der Waals surface area contributed by atoms with Gasteiger partial charge in [0.15, 0.2) is 5.65 Å². The van der Waals surface area contributed by atoms with Crippen molar-refractivity contribution in [3.8, 4) is 0 Å². The topological polar surface area (TPSA) is 77.3 Å². The number of fused-ring (bicyclic) bond motifs is 2. The van der Waals surface area contributed by atoms with Crippen molar-refractivity contribution in [1.29, 1.82) is 0 Å². The van der Waals surface area contributed by atoms with E-state index in [-0.39, 0.29) is 0 Å². The zero-order chi connectivity index (χ0) is 13.6. The minimum atomic E-state index is 0.637. The molecule has 0 aliphatic heterocycles. The van der Waals surface area contributed by atoms with Crippen molar-refractivity contribution >= 4 is 22.1 Å². The minimum Gasteiger partial charge on any atom is -0.264 e. The average Bonchev–Trinajstić information content (AvgIpc) is 2.56. The van der Waals surface area contributed by atoms with E-state index >= 15 is 0 Å². The van der Waals surface area contributed by atoms with Crippen LogP contribution in [0.2, 0.25) is 0 Å². The minimum absolute atomic E-state index is 0.637. The highest BCUT2D eigenvalue weighted by Gasteiger charge is 1.91. The van der Waals surface area contributed by atoms with Crippen LogP contribution >= 0.6 is 0 Å². The molecular formula is C14H10N6. The van der Waals surface area contributed by atoms with Gasteiger partial charge in [0.05, 0.1) is 11.7 Å². The van der Waals surface area contributed by atoms with E-state index in [0.717, 1.165) is 16.4 Å². The van der Waals surface area contributed by atoms with E-state index in [1.165, 1.54) is 6.33 Å². The number of aromatic nitrogens is 6. The molecule has 0 N–H and O–H groups in total. The average molecular weight is 262 g/mol. The van der Waals surface area contributed by atoms with Crippen LogP contribution in [0.15, 0.2) is 61.7 Å². The third-order valence-corrected chi connectivity index (χ3v) is 2.55. The largest absolute Gasteiger partial charge is 0.264 e. The Kier molecular flexibility index (Phi) is 3.46. The van der Waals surface area contributed by atoms with Gasteiger partial charge in [-0.3, -0.25) is 9.97 Å². The predicted octanol–water partition coefficient (Wildman–Crippen LogP) is 2.05. The van der Waals surface area contributed by atoms with Crippen LogP contribution in [0.4, 0.5) is 0 Å². The highest BCUT2D eigenvalue weighted by molar-refractivity contribution is 5.76. The summed E-state index contributed by atoms with van der Waals surface area (Å²) in [6, 6.07) is 5.80. The SMILES string of the molecule is c1cnc2ccncc2c1.c1cnc2ncncc2n1. The Morgan fingerprint density at radius 3 is 2.45 bits per heavy atom. The van der Waals surface area contributed by atoms with Crippen molar-refractivity contribution in [2.24, 2.45) is 0 Å². The number of nitrogens with zero attached hydrogens (tertiary/aromatic N) is 6. The molecule has 6 nitrogen and oxygen atoms in total.